The third-order valence-electron chi connectivity index (χ3n) is 8.73. The van der Waals surface area contributed by atoms with Crippen molar-refractivity contribution in [1.82, 2.24) is 0 Å². The lowest BCUT2D eigenvalue weighted by atomic mass is 9.78. The van der Waals surface area contributed by atoms with Crippen LogP contribution in [0.2, 0.25) is 0 Å². The van der Waals surface area contributed by atoms with Crippen molar-refractivity contribution in [3.05, 3.63) is 0 Å². The number of nitrogens with zero attached hydrogens (tertiary/aromatic N) is 1. The molecule has 2 rings (SSSR count). The Morgan fingerprint density at radius 2 is 0.931 bits per heavy atom. The Morgan fingerprint density at radius 3 is 1.45 bits per heavy atom. The van der Waals surface area contributed by atoms with Crippen LogP contribution in [0.15, 0.2) is 0 Å². The maximum Gasteiger partial charge on any atom is 0.0990 e. The summed E-state index contributed by atoms with van der Waals surface area (Å²) in [5.74, 6) is 0. The van der Waals surface area contributed by atoms with Gasteiger partial charge < -0.3 is 4.48 Å². The van der Waals surface area contributed by atoms with Gasteiger partial charge in [-0.3, -0.25) is 0 Å². The Labute approximate surface area is 185 Å². The highest BCUT2D eigenvalue weighted by atomic mass is 15.4. The predicted molar refractivity (Wildman–Crippen MR) is 131 cm³/mol. The average molecular weight is 407 g/mol. The zero-order valence-electron chi connectivity index (χ0n) is 20.6. The van der Waals surface area contributed by atoms with Crippen molar-refractivity contribution >= 4 is 0 Å². The lowest BCUT2D eigenvalue weighted by Crippen LogP contribution is -2.63. The molecule has 1 nitrogen and oxygen atoms in total. The van der Waals surface area contributed by atoms with Crippen molar-refractivity contribution in [3.8, 4) is 0 Å². The molecule has 0 aromatic heterocycles. The van der Waals surface area contributed by atoms with Crippen LogP contribution in [0.1, 0.15) is 155 Å². The second-order valence-corrected chi connectivity index (χ2v) is 11.0. The van der Waals surface area contributed by atoms with E-state index in [1.54, 1.807) is 0 Å². The summed E-state index contributed by atoms with van der Waals surface area (Å²) >= 11 is 0. The van der Waals surface area contributed by atoms with Crippen LogP contribution in [0.25, 0.3) is 0 Å². The van der Waals surface area contributed by atoms with Crippen LogP contribution < -0.4 is 0 Å². The number of quaternary nitrogens is 1. The summed E-state index contributed by atoms with van der Waals surface area (Å²) in [6, 6.07) is 0. The van der Waals surface area contributed by atoms with Gasteiger partial charge in [-0.25, -0.2) is 0 Å². The second kappa shape index (κ2) is 14.9. The van der Waals surface area contributed by atoms with Crippen molar-refractivity contribution in [2.75, 3.05) is 20.1 Å². The topological polar surface area (TPSA) is 0 Å². The number of rotatable bonds is 9. The molecule has 2 fully saturated rings. The van der Waals surface area contributed by atoms with Crippen LogP contribution in [0, 0.1) is 0 Å². The van der Waals surface area contributed by atoms with Crippen LogP contribution in [0.4, 0.5) is 0 Å². The van der Waals surface area contributed by atoms with Crippen molar-refractivity contribution < 1.29 is 4.48 Å². The minimum atomic E-state index is 0.614. The highest BCUT2D eigenvalue weighted by Crippen LogP contribution is 2.41. The van der Waals surface area contributed by atoms with Crippen LogP contribution in [0.3, 0.4) is 0 Å². The van der Waals surface area contributed by atoms with Crippen LogP contribution in [0.5, 0.6) is 0 Å². The van der Waals surface area contributed by atoms with Gasteiger partial charge in [0.1, 0.15) is 0 Å². The van der Waals surface area contributed by atoms with Gasteiger partial charge in [0, 0.05) is 19.3 Å². The van der Waals surface area contributed by atoms with Crippen LogP contribution in [-0.4, -0.2) is 30.2 Å². The van der Waals surface area contributed by atoms with Gasteiger partial charge in [0.2, 0.25) is 0 Å². The highest BCUT2D eigenvalue weighted by molar-refractivity contribution is 4.84. The molecule has 1 unspecified atom stereocenters. The van der Waals surface area contributed by atoms with E-state index in [0.717, 1.165) is 0 Å². The summed E-state index contributed by atoms with van der Waals surface area (Å²) in [4.78, 5) is 0. The third kappa shape index (κ3) is 8.92. The molecule has 172 valence electrons. The Bertz CT molecular complexity index is 380. The van der Waals surface area contributed by atoms with E-state index in [0.29, 0.717) is 5.54 Å². The number of unbranched alkanes of at least 4 members (excludes halogenated alkanes) is 7. The molecular formula is C28H56N+. The van der Waals surface area contributed by atoms with Crippen LogP contribution >= 0.6 is 0 Å². The SMILES string of the molecule is CCCCCCCCCC[N+]1(C)CCCCCCCCC12CCCCCCCC2. The van der Waals surface area contributed by atoms with Gasteiger partial charge in [0.25, 0.3) is 0 Å². The molecule has 1 aliphatic carbocycles. The fourth-order valence-corrected chi connectivity index (χ4v) is 6.60. The standard InChI is InChI=1S/C28H56N/c1-3-4-5-6-7-11-16-21-26-29(2)27-22-17-12-10-15-20-25-28(29)23-18-13-8-9-14-19-24-28/h3-27H2,1-2H3/q+1. The fraction of sp³-hybridized carbons (Fsp3) is 1.00. The second-order valence-electron chi connectivity index (χ2n) is 11.0. The molecule has 1 aliphatic heterocycles. The third-order valence-corrected chi connectivity index (χ3v) is 8.73. The minimum Gasteiger partial charge on any atom is -0.321 e. The first kappa shape index (κ1) is 25.2. The largest absolute Gasteiger partial charge is 0.321 e. The van der Waals surface area contributed by atoms with Crippen molar-refractivity contribution in [3.63, 3.8) is 0 Å². The van der Waals surface area contributed by atoms with Crippen molar-refractivity contribution in [1.29, 1.82) is 0 Å². The molecule has 0 amide bonds. The quantitative estimate of drug-likeness (QED) is 0.264. The van der Waals surface area contributed by atoms with E-state index in [9.17, 15) is 0 Å². The van der Waals surface area contributed by atoms with Gasteiger partial charge in [-0.05, 0) is 44.9 Å². The van der Waals surface area contributed by atoms with E-state index in [1.807, 2.05) is 0 Å². The molecule has 0 radical (unpaired) electrons. The lowest BCUT2D eigenvalue weighted by molar-refractivity contribution is -0.961. The predicted octanol–water partition coefficient (Wildman–Crippen LogP) is 9.19. The molecule has 0 aromatic rings. The summed E-state index contributed by atoms with van der Waals surface area (Å²) in [5.41, 5.74) is 0.614. The molecule has 2 aliphatic rings. The Morgan fingerprint density at radius 1 is 0.517 bits per heavy atom. The van der Waals surface area contributed by atoms with Gasteiger partial charge >= 0.3 is 0 Å². The van der Waals surface area contributed by atoms with Gasteiger partial charge in [0.05, 0.1) is 25.7 Å². The fourth-order valence-electron chi connectivity index (χ4n) is 6.60. The van der Waals surface area contributed by atoms with Gasteiger partial charge in [-0.15, -0.1) is 0 Å². The monoisotopic (exact) mass is 406 g/mol. The molecule has 1 saturated heterocycles. The zero-order chi connectivity index (χ0) is 20.7. The molecule has 0 aromatic carbocycles. The first-order valence-electron chi connectivity index (χ1n) is 14.1. The van der Waals surface area contributed by atoms with E-state index in [4.69, 9.17) is 0 Å². The molecule has 1 saturated carbocycles. The first-order chi connectivity index (χ1) is 14.2. The maximum atomic E-state index is 2.71. The molecule has 0 N–H and O–H groups in total. The molecule has 0 bridgehead atoms. The van der Waals surface area contributed by atoms with Crippen molar-refractivity contribution in [2.24, 2.45) is 0 Å². The smallest absolute Gasteiger partial charge is 0.0990 e. The van der Waals surface area contributed by atoms with E-state index >= 15 is 0 Å². The van der Waals surface area contributed by atoms with Gasteiger partial charge in [-0.1, -0.05) is 90.4 Å². The average Bonchev–Trinajstić information content (AvgIpc) is 2.84. The lowest BCUT2D eigenvalue weighted by Gasteiger charge is -2.53. The number of hydrogen-bond acceptors (Lipinski definition) is 0. The summed E-state index contributed by atoms with van der Waals surface area (Å²) in [7, 11) is 2.71. The van der Waals surface area contributed by atoms with E-state index < -0.39 is 0 Å². The van der Waals surface area contributed by atoms with E-state index in [1.165, 1.54) is 165 Å². The summed E-state index contributed by atoms with van der Waals surface area (Å²) < 4.78 is 1.43. The highest BCUT2D eigenvalue weighted by Gasteiger charge is 2.46. The Hall–Kier alpha value is -0.0400. The Kier molecular flexibility index (Phi) is 12.9. The molecule has 1 spiro atoms. The molecule has 1 heterocycles. The zero-order valence-corrected chi connectivity index (χ0v) is 20.6. The summed E-state index contributed by atoms with van der Waals surface area (Å²) in [6.45, 7) is 5.26. The normalized spacial score (nSPS) is 27.1. The van der Waals surface area contributed by atoms with Gasteiger partial charge in [-0.2, -0.15) is 0 Å². The van der Waals surface area contributed by atoms with E-state index in [2.05, 4.69) is 14.0 Å². The first-order valence-corrected chi connectivity index (χ1v) is 14.1. The molecular weight excluding hydrogens is 350 g/mol. The molecule has 29 heavy (non-hydrogen) atoms. The van der Waals surface area contributed by atoms with Crippen molar-refractivity contribution in [2.45, 2.75) is 160 Å². The summed E-state index contributed by atoms with van der Waals surface area (Å²) in [6.07, 6.45) is 34.2. The summed E-state index contributed by atoms with van der Waals surface area (Å²) in [5, 5.41) is 0. The van der Waals surface area contributed by atoms with Gasteiger partial charge in [0.15, 0.2) is 0 Å². The maximum absolute atomic E-state index is 2.71. The molecule has 1 atom stereocenters. The number of hydrogen-bond donors (Lipinski definition) is 0. The minimum absolute atomic E-state index is 0.614. The van der Waals surface area contributed by atoms with E-state index in [-0.39, 0.29) is 0 Å². The molecule has 1 heteroatoms. The van der Waals surface area contributed by atoms with Crippen LogP contribution in [-0.2, 0) is 0 Å². The Balaban J connectivity index is 1.96.